The van der Waals surface area contributed by atoms with E-state index in [0.717, 1.165) is 5.56 Å². The summed E-state index contributed by atoms with van der Waals surface area (Å²) < 4.78 is 21.1. The van der Waals surface area contributed by atoms with Crippen molar-refractivity contribution >= 4 is 11.6 Å². The minimum atomic E-state index is -0.725. The van der Waals surface area contributed by atoms with Crippen molar-refractivity contribution in [1.82, 2.24) is 9.78 Å². The van der Waals surface area contributed by atoms with Crippen molar-refractivity contribution in [2.45, 2.75) is 20.0 Å². The molecule has 2 aromatic carbocycles. The maximum atomic E-state index is 14.0. The SMILES string of the molecule is CCOC(C(=O)Nc1cnn(-c2ccccc2F)c1C)c1ccccc1. The van der Waals surface area contributed by atoms with E-state index in [9.17, 15) is 9.18 Å². The third-order valence-electron chi connectivity index (χ3n) is 4.02. The molecule has 0 aliphatic heterocycles. The summed E-state index contributed by atoms with van der Waals surface area (Å²) in [5, 5.41) is 7.03. The number of benzene rings is 2. The Labute approximate surface area is 151 Å². The van der Waals surface area contributed by atoms with Gasteiger partial charge in [0, 0.05) is 6.61 Å². The van der Waals surface area contributed by atoms with Crippen LogP contribution < -0.4 is 5.32 Å². The number of ether oxygens (including phenoxy) is 1. The highest BCUT2D eigenvalue weighted by Gasteiger charge is 2.22. The Bertz CT molecular complexity index is 893. The van der Waals surface area contributed by atoms with Crippen molar-refractivity contribution in [3.63, 3.8) is 0 Å². The Morgan fingerprint density at radius 1 is 1.19 bits per heavy atom. The molecule has 0 saturated heterocycles. The lowest BCUT2D eigenvalue weighted by atomic mass is 10.1. The number of nitrogens with one attached hydrogen (secondary N) is 1. The van der Waals surface area contributed by atoms with Gasteiger partial charge in [-0.1, -0.05) is 42.5 Å². The van der Waals surface area contributed by atoms with Crippen LogP contribution in [0.3, 0.4) is 0 Å². The molecule has 1 amide bonds. The number of nitrogens with zero attached hydrogens (tertiary/aromatic N) is 2. The number of rotatable bonds is 6. The quantitative estimate of drug-likeness (QED) is 0.728. The van der Waals surface area contributed by atoms with E-state index in [-0.39, 0.29) is 11.7 Å². The average Bonchev–Trinajstić information content (AvgIpc) is 3.01. The summed E-state index contributed by atoms with van der Waals surface area (Å²) in [7, 11) is 0. The van der Waals surface area contributed by atoms with E-state index in [1.807, 2.05) is 37.3 Å². The Morgan fingerprint density at radius 3 is 2.58 bits per heavy atom. The van der Waals surface area contributed by atoms with Crippen LogP contribution in [0.2, 0.25) is 0 Å². The Kier molecular flexibility index (Phi) is 5.43. The van der Waals surface area contributed by atoms with Gasteiger partial charge >= 0.3 is 0 Å². The fraction of sp³-hybridized carbons (Fsp3) is 0.200. The summed E-state index contributed by atoms with van der Waals surface area (Å²) in [6.45, 7) is 4.01. The molecule has 1 unspecified atom stereocenters. The number of para-hydroxylation sites is 1. The van der Waals surface area contributed by atoms with Crippen LogP contribution in [0.15, 0.2) is 60.8 Å². The summed E-state index contributed by atoms with van der Waals surface area (Å²) >= 11 is 0. The Morgan fingerprint density at radius 2 is 1.88 bits per heavy atom. The third kappa shape index (κ3) is 3.65. The molecule has 3 aromatic rings. The fourth-order valence-corrected chi connectivity index (χ4v) is 2.71. The monoisotopic (exact) mass is 353 g/mol. The van der Waals surface area contributed by atoms with Crippen LogP contribution in [0.1, 0.15) is 24.3 Å². The van der Waals surface area contributed by atoms with E-state index >= 15 is 0 Å². The average molecular weight is 353 g/mol. The molecular formula is C20H20FN3O2. The van der Waals surface area contributed by atoms with Crippen molar-refractivity contribution < 1.29 is 13.9 Å². The smallest absolute Gasteiger partial charge is 0.258 e. The summed E-state index contributed by atoms with van der Waals surface area (Å²) in [4.78, 5) is 12.7. The maximum absolute atomic E-state index is 14.0. The molecular weight excluding hydrogens is 333 g/mol. The number of amides is 1. The van der Waals surface area contributed by atoms with Gasteiger partial charge in [-0.2, -0.15) is 5.10 Å². The summed E-state index contributed by atoms with van der Waals surface area (Å²) in [5.74, 6) is -0.678. The highest BCUT2D eigenvalue weighted by atomic mass is 19.1. The zero-order chi connectivity index (χ0) is 18.5. The second kappa shape index (κ2) is 7.93. The van der Waals surface area contributed by atoms with Gasteiger partial charge in [0.15, 0.2) is 6.10 Å². The predicted molar refractivity (Wildman–Crippen MR) is 97.7 cm³/mol. The van der Waals surface area contributed by atoms with Gasteiger partial charge in [-0.3, -0.25) is 4.79 Å². The molecule has 0 radical (unpaired) electrons. The maximum Gasteiger partial charge on any atom is 0.258 e. The minimum absolute atomic E-state index is 0.297. The standard InChI is InChI=1S/C20H20FN3O2/c1-3-26-19(15-9-5-4-6-10-15)20(25)23-17-13-22-24(14(17)2)18-12-8-7-11-16(18)21/h4-13,19H,3H2,1-2H3,(H,23,25). The molecule has 0 aliphatic carbocycles. The second-order valence-electron chi connectivity index (χ2n) is 5.74. The first-order valence-corrected chi connectivity index (χ1v) is 8.38. The van der Waals surface area contributed by atoms with Crippen LogP contribution in [0, 0.1) is 12.7 Å². The number of hydrogen-bond donors (Lipinski definition) is 1. The molecule has 26 heavy (non-hydrogen) atoms. The van der Waals surface area contributed by atoms with Gasteiger partial charge in [0.05, 0.1) is 17.6 Å². The molecule has 1 N–H and O–H groups in total. The van der Waals surface area contributed by atoms with Crippen LogP contribution in [-0.4, -0.2) is 22.3 Å². The number of aromatic nitrogens is 2. The van der Waals surface area contributed by atoms with Gasteiger partial charge in [0.2, 0.25) is 0 Å². The van der Waals surface area contributed by atoms with Gasteiger partial charge in [0.1, 0.15) is 11.5 Å². The first-order valence-electron chi connectivity index (χ1n) is 8.38. The second-order valence-corrected chi connectivity index (χ2v) is 5.74. The molecule has 1 atom stereocenters. The minimum Gasteiger partial charge on any atom is -0.364 e. The normalized spacial score (nSPS) is 12.0. The van der Waals surface area contributed by atoms with Crippen molar-refractivity contribution in [2.75, 3.05) is 11.9 Å². The van der Waals surface area contributed by atoms with Crippen LogP contribution >= 0.6 is 0 Å². The molecule has 0 aliphatic rings. The van der Waals surface area contributed by atoms with Crippen LogP contribution in [0.5, 0.6) is 0 Å². The number of anilines is 1. The van der Waals surface area contributed by atoms with Gasteiger partial charge in [0.25, 0.3) is 5.91 Å². The van der Waals surface area contributed by atoms with E-state index in [2.05, 4.69) is 10.4 Å². The molecule has 3 rings (SSSR count). The zero-order valence-corrected chi connectivity index (χ0v) is 14.6. The highest BCUT2D eigenvalue weighted by Crippen LogP contribution is 2.23. The largest absolute Gasteiger partial charge is 0.364 e. The van der Waals surface area contributed by atoms with E-state index in [4.69, 9.17) is 4.74 Å². The van der Waals surface area contributed by atoms with E-state index in [1.165, 1.54) is 16.9 Å². The van der Waals surface area contributed by atoms with E-state index in [0.29, 0.717) is 23.7 Å². The first kappa shape index (κ1) is 17.8. The predicted octanol–water partition coefficient (Wildman–Crippen LogP) is 4.04. The number of carbonyl (C=O) groups is 1. The van der Waals surface area contributed by atoms with Gasteiger partial charge in [-0.15, -0.1) is 0 Å². The van der Waals surface area contributed by atoms with Crippen LogP contribution in [0.4, 0.5) is 10.1 Å². The molecule has 1 heterocycles. The third-order valence-corrected chi connectivity index (χ3v) is 4.02. The van der Waals surface area contributed by atoms with Gasteiger partial charge < -0.3 is 10.1 Å². The number of halogens is 1. The summed E-state index contributed by atoms with van der Waals surface area (Å²) in [6, 6.07) is 15.6. The van der Waals surface area contributed by atoms with Crippen molar-refractivity contribution in [3.8, 4) is 5.69 Å². The Balaban J connectivity index is 1.84. The lowest BCUT2D eigenvalue weighted by molar-refractivity contribution is -0.127. The van der Waals surface area contributed by atoms with E-state index in [1.54, 1.807) is 25.1 Å². The summed E-state index contributed by atoms with van der Waals surface area (Å²) in [5.41, 5.74) is 2.24. The molecule has 0 spiro atoms. The topological polar surface area (TPSA) is 56.1 Å². The zero-order valence-electron chi connectivity index (χ0n) is 14.6. The fourth-order valence-electron chi connectivity index (χ4n) is 2.71. The summed E-state index contributed by atoms with van der Waals surface area (Å²) in [6.07, 6.45) is 0.783. The molecule has 0 saturated carbocycles. The van der Waals surface area contributed by atoms with Crippen molar-refractivity contribution in [2.24, 2.45) is 0 Å². The first-order chi connectivity index (χ1) is 12.6. The molecule has 0 fully saturated rings. The lowest BCUT2D eigenvalue weighted by Crippen LogP contribution is -2.23. The number of carbonyl (C=O) groups excluding carboxylic acids is 1. The van der Waals surface area contributed by atoms with E-state index < -0.39 is 6.10 Å². The molecule has 5 nitrogen and oxygen atoms in total. The Hall–Kier alpha value is -2.99. The van der Waals surface area contributed by atoms with Gasteiger partial charge in [-0.05, 0) is 31.5 Å². The lowest BCUT2D eigenvalue weighted by Gasteiger charge is -2.17. The highest BCUT2D eigenvalue weighted by molar-refractivity contribution is 5.95. The number of hydrogen-bond acceptors (Lipinski definition) is 3. The van der Waals surface area contributed by atoms with Crippen molar-refractivity contribution in [3.05, 3.63) is 77.9 Å². The van der Waals surface area contributed by atoms with Crippen LogP contribution in [0.25, 0.3) is 5.69 Å². The molecule has 0 bridgehead atoms. The molecule has 134 valence electrons. The van der Waals surface area contributed by atoms with Crippen molar-refractivity contribution in [1.29, 1.82) is 0 Å². The molecule has 1 aromatic heterocycles. The molecule has 6 heteroatoms. The van der Waals surface area contributed by atoms with Crippen LogP contribution in [-0.2, 0) is 9.53 Å². The van der Waals surface area contributed by atoms with Gasteiger partial charge in [-0.25, -0.2) is 9.07 Å².